The lowest BCUT2D eigenvalue weighted by molar-refractivity contribution is -0.123. The van der Waals surface area contributed by atoms with Crippen molar-refractivity contribution in [3.05, 3.63) is 24.4 Å². The van der Waals surface area contributed by atoms with Gasteiger partial charge in [-0.15, -0.1) is 0 Å². The zero-order valence-electron chi connectivity index (χ0n) is 9.78. The highest BCUT2D eigenvalue weighted by atomic mass is 16.2. The van der Waals surface area contributed by atoms with E-state index in [2.05, 4.69) is 15.6 Å². The van der Waals surface area contributed by atoms with E-state index in [0.29, 0.717) is 6.54 Å². The van der Waals surface area contributed by atoms with Crippen molar-refractivity contribution in [3.63, 3.8) is 0 Å². The summed E-state index contributed by atoms with van der Waals surface area (Å²) in [6, 6.07) is 5.72. The molecule has 0 aliphatic heterocycles. The normalized spacial score (nSPS) is 16.3. The van der Waals surface area contributed by atoms with Crippen LogP contribution in [0.5, 0.6) is 0 Å². The van der Waals surface area contributed by atoms with E-state index >= 15 is 0 Å². The molecular weight excluding hydrogens is 216 g/mol. The van der Waals surface area contributed by atoms with Gasteiger partial charge < -0.3 is 16.4 Å². The Hall–Kier alpha value is -1.62. The third-order valence-electron chi connectivity index (χ3n) is 2.85. The summed E-state index contributed by atoms with van der Waals surface area (Å²) >= 11 is 0. The first-order valence-corrected chi connectivity index (χ1v) is 5.93. The molecule has 2 rings (SSSR count). The predicted molar refractivity (Wildman–Crippen MR) is 66.5 cm³/mol. The van der Waals surface area contributed by atoms with Crippen molar-refractivity contribution in [3.8, 4) is 0 Å². The lowest BCUT2D eigenvalue weighted by Gasteiger charge is -2.10. The van der Waals surface area contributed by atoms with Gasteiger partial charge in [-0.25, -0.2) is 4.98 Å². The van der Waals surface area contributed by atoms with Crippen LogP contribution >= 0.6 is 0 Å². The average molecular weight is 234 g/mol. The van der Waals surface area contributed by atoms with E-state index in [9.17, 15) is 4.79 Å². The first kappa shape index (κ1) is 11.9. The topological polar surface area (TPSA) is 80.0 Å². The number of carbonyl (C=O) groups is 1. The number of amides is 1. The zero-order chi connectivity index (χ0) is 12.1. The maximum Gasteiger partial charge on any atom is 0.240 e. The monoisotopic (exact) mass is 234 g/mol. The van der Waals surface area contributed by atoms with Gasteiger partial charge in [0.2, 0.25) is 5.91 Å². The summed E-state index contributed by atoms with van der Waals surface area (Å²) in [5.74, 6) is 0.839. The van der Waals surface area contributed by atoms with E-state index < -0.39 is 5.54 Å². The van der Waals surface area contributed by atoms with Crippen molar-refractivity contribution in [2.45, 2.75) is 24.8 Å². The highest BCUT2D eigenvalue weighted by Gasteiger charge is 2.45. The molecule has 1 heterocycles. The first-order valence-electron chi connectivity index (χ1n) is 5.93. The molecule has 17 heavy (non-hydrogen) atoms. The van der Waals surface area contributed by atoms with Crippen LogP contribution in [0.4, 0.5) is 5.82 Å². The Morgan fingerprint density at radius 2 is 2.24 bits per heavy atom. The van der Waals surface area contributed by atoms with Gasteiger partial charge in [0, 0.05) is 19.3 Å². The Morgan fingerprint density at radius 1 is 1.41 bits per heavy atom. The maximum atomic E-state index is 11.5. The van der Waals surface area contributed by atoms with Crippen molar-refractivity contribution < 1.29 is 4.79 Å². The molecule has 5 nitrogen and oxygen atoms in total. The van der Waals surface area contributed by atoms with Gasteiger partial charge in [0.25, 0.3) is 0 Å². The molecule has 0 bridgehead atoms. The molecule has 0 unspecified atom stereocenters. The van der Waals surface area contributed by atoms with Crippen LogP contribution in [0.1, 0.15) is 19.3 Å². The van der Waals surface area contributed by atoms with Crippen molar-refractivity contribution in [2.75, 3.05) is 18.4 Å². The smallest absolute Gasteiger partial charge is 0.240 e. The van der Waals surface area contributed by atoms with Crippen LogP contribution in [0.25, 0.3) is 0 Å². The molecule has 1 saturated carbocycles. The summed E-state index contributed by atoms with van der Waals surface area (Å²) < 4.78 is 0. The number of nitrogens with zero attached hydrogens (tertiary/aromatic N) is 1. The van der Waals surface area contributed by atoms with Gasteiger partial charge in [-0.1, -0.05) is 6.07 Å². The Morgan fingerprint density at radius 3 is 2.88 bits per heavy atom. The van der Waals surface area contributed by atoms with Crippen LogP contribution in [0.3, 0.4) is 0 Å². The SMILES string of the molecule is NC1(C(=O)NCCCNc2ccccn2)CC1. The predicted octanol–water partition coefficient (Wildman–Crippen LogP) is 0.491. The molecule has 1 aromatic rings. The van der Waals surface area contributed by atoms with Crippen molar-refractivity contribution in [1.82, 2.24) is 10.3 Å². The summed E-state index contributed by atoms with van der Waals surface area (Å²) in [5.41, 5.74) is 5.20. The molecule has 1 aliphatic carbocycles. The van der Waals surface area contributed by atoms with E-state index in [-0.39, 0.29) is 5.91 Å². The number of pyridine rings is 1. The highest BCUT2D eigenvalue weighted by Crippen LogP contribution is 2.31. The molecular formula is C12H18N4O. The summed E-state index contributed by atoms with van der Waals surface area (Å²) in [4.78, 5) is 15.6. The van der Waals surface area contributed by atoms with E-state index in [1.54, 1.807) is 6.20 Å². The van der Waals surface area contributed by atoms with Gasteiger partial charge >= 0.3 is 0 Å². The maximum absolute atomic E-state index is 11.5. The van der Waals surface area contributed by atoms with Gasteiger partial charge in [0.15, 0.2) is 0 Å². The van der Waals surface area contributed by atoms with Crippen LogP contribution in [-0.2, 0) is 4.79 Å². The Kier molecular flexibility index (Phi) is 3.58. The fourth-order valence-corrected chi connectivity index (χ4v) is 1.51. The third-order valence-corrected chi connectivity index (χ3v) is 2.85. The zero-order valence-corrected chi connectivity index (χ0v) is 9.78. The van der Waals surface area contributed by atoms with E-state index in [0.717, 1.165) is 31.6 Å². The van der Waals surface area contributed by atoms with E-state index in [1.165, 1.54) is 0 Å². The van der Waals surface area contributed by atoms with Gasteiger partial charge in [-0.3, -0.25) is 4.79 Å². The molecule has 0 saturated heterocycles. The molecule has 1 aromatic heterocycles. The van der Waals surface area contributed by atoms with Crippen molar-refractivity contribution in [2.24, 2.45) is 5.73 Å². The van der Waals surface area contributed by atoms with Gasteiger partial charge in [-0.05, 0) is 31.4 Å². The largest absolute Gasteiger partial charge is 0.370 e. The quantitative estimate of drug-likeness (QED) is 0.626. The van der Waals surface area contributed by atoms with Crippen LogP contribution in [0, 0.1) is 0 Å². The van der Waals surface area contributed by atoms with E-state index in [1.807, 2.05) is 18.2 Å². The fraction of sp³-hybridized carbons (Fsp3) is 0.500. The van der Waals surface area contributed by atoms with Gasteiger partial charge in [-0.2, -0.15) is 0 Å². The third kappa shape index (κ3) is 3.42. The molecule has 0 atom stereocenters. The molecule has 5 heteroatoms. The van der Waals surface area contributed by atoms with Crippen LogP contribution in [-0.4, -0.2) is 29.5 Å². The molecule has 0 aromatic carbocycles. The lowest BCUT2D eigenvalue weighted by Crippen LogP contribution is -2.43. The minimum Gasteiger partial charge on any atom is -0.370 e. The number of hydrogen-bond acceptors (Lipinski definition) is 4. The summed E-state index contributed by atoms with van der Waals surface area (Å²) in [6.07, 6.45) is 4.23. The number of anilines is 1. The second-order valence-electron chi connectivity index (χ2n) is 4.41. The minimum absolute atomic E-state index is 0.0182. The van der Waals surface area contributed by atoms with Crippen molar-refractivity contribution >= 4 is 11.7 Å². The van der Waals surface area contributed by atoms with Crippen molar-refractivity contribution in [1.29, 1.82) is 0 Å². The van der Waals surface area contributed by atoms with Crippen LogP contribution < -0.4 is 16.4 Å². The van der Waals surface area contributed by atoms with Crippen LogP contribution in [0.2, 0.25) is 0 Å². The Balaban J connectivity index is 1.56. The fourth-order valence-electron chi connectivity index (χ4n) is 1.51. The standard InChI is InChI=1S/C12H18N4O/c13-12(5-6-12)11(17)16-9-3-8-15-10-4-1-2-7-14-10/h1-2,4,7H,3,5-6,8-9,13H2,(H,14,15)(H,16,17). The number of carbonyl (C=O) groups excluding carboxylic acids is 1. The van der Waals surface area contributed by atoms with E-state index in [4.69, 9.17) is 5.73 Å². The molecule has 4 N–H and O–H groups in total. The average Bonchev–Trinajstić information content (AvgIpc) is 3.09. The molecule has 1 aliphatic rings. The Labute approximate surface area is 101 Å². The minimum atomic E-state index is -0.561. The second-order valence-corrected chi connectivity index (χ2v) is 4.41. The van der Waals surface area contributed by atoms with Crippen LogP contribution in [0.15, 0.2) is 24.4 Å². The molecule has 92 valence electrons. The number of nitrogens with one attached hydrogen (secondary N) is 2. The summed E-state index contributed by atoms with van der Waals surface area (Å²) in [5, 5.41) is 6.03. The highest BCUT2D eigenvalue weighted by molar-refractivity contribution is 5.88. The number of nitrogens with two attached hydrogens (primary N) is 1. The van der Waals surface area contributed by atoms with Gasteiger partial charge in [0.05, 0.1) is 5.54 Å². The molecule has 0 radical (unpaired) electrons. The number of rotatable bonds is 6. The summed E-state index contributed by atoms with van der Waals surface area (Å²) in [6.45, 7) is 1.44. The molecule has 0 spiro atoms. The molecule has 1 amide bonds. The lowest BCUT2D eigenvalue weighted by atomic mass is 10.2. The number of aromatic nitrogens is 1. The second kappa shape index (κ2) is 5.14. The Bertz CT molecular complexity index is 375. The van der Waals surface area contributed by atoms with Gasteiger partial charge in [0.1, 0.15) is 5.82 Å². The first-order chi connectivity index (χ1) is 8.21. The number of hydrogen-bond donors (Lipinski definition) is 3. The summed E-state index contributed by atoms with van der Waals surface area (Å²) in [7, 11) is 0. The molecule has 1 fully saturated rings.